The molecule has 0 bridgehead atoms. The summed E-state index contributed by atoms with van der Waals surface area (Å²) in [7, 11) is 1.35. The van der Waals surface area contributed by atoms with Crippen LogP contribution in [-0.2, 0) is 4.57 Å². The number of para-hydroxylation sites is 1. The zero-order valence-electron chi connectivity index (χ0n) is 23.1. The summed E-state index contributed by atoms with van der Waals surface area (Å²) >= 11 is 6.42. The highest BCUT2D eigenvalue weighted by molar-refractivity contribution is 7.70. The molecule has 2 aromatic carbocycles. The lowest BCUT2D eigenvalue weighted by Gasteiger charge is -2.34. The highest BCUT2D eigenvalue weighted by Gasteiger charge is 2.30. The molecule has 0 amide bonds. The maximum absolute atomic E-state index is 12.8. The fraction of sp³-hybridized carbons (Fsp3) is 0.429. The number of aromatic nitrogens is 2. The van der Waals surface area contributed by atoms with Gasteiger partial charge in [-0.05, 0) is 56.5 Å². The molecule has 2 heterocycles. The second kappa shape index (κ2) is 11.5. The first kappa shape index (κ1) is 28.2. The van der Waals surface area contributed by atoms with E-state index in [9.17, 15) is 4.57 Å². The largest absolute Gasteiger partial charge is 0.494 e. The lowest BCUT2D eigenvalue weighted by molar-refractivity contribution is 0.217. The SMILES string of the molecule is CCC1(C)CN(C)CCN(c2ccc(Nc3ncc(Cl)c(Nc4ccccc4P(C)(C)=O)n3)c(OC)c2)C1. The Balaban J connectivity index is 1.58. The van der Waals surface area contributed by atoms with Crippen molar-refractivity contribution in [1.82, 2.24) is 14.9 Å². The highest BCUT2D eigenvalue weighted by atomic mass is 35.5. The van der Waals surface area contributed by atoms with Gasteiger partial charge in [-0.3, -0.25) is 0 Å². The number of nitrogens with one attached hydrogen (secondary N) is 2. The van der Waals surface area contributed by atoms with E-state index >= 15 is 0 Å². The molecule has 1 saturated heterocycles. The van der Waals surface area contributed by atoms with E-state index in [2.05, 4.69) is 63.4 Å². The number of ether oxygens (including phenoxy) is 1. The molecule has 1 unspecified atom stereocenters. The van der Waals surface area contributed by atoms with Gasteiger partial charge in [-0.1, -0.05) is 37.6 Å². The van der Waals surface area contributed by atoms with Gasteiger partial charge in [-0.25, -0.2) is 4.98 Å². The number of hydrogen-bond acceptors (Lipinski definition) is 8. The normalized spacial score (nSPS) is 18.7. The van der Waals surface area contributed by atoms with Crippen LogP contribution < -0.4 is 25.6 Å². The average molecular weight is 557 g/mol. The fourth-order valence-electron chi connectivity index (χ4n) is 4.85. The van der Waals surface area contributed by atoms with Gasteiger partial charge < -0.3 is 29.7 Å². The number of likely N-dealkylation sites (N-methyl/N-ethyl adjacent to an activating group) is 1. The third-order valence-electron chi connectivity index (χ3n) is 7.11. The number of halogens is 1. The van der Waals surface area contributed by atoms with Crippen LogP contribution in [-0.4, -0.2) is 68.5 Å². The van der Waals surface area contributed by atoms with Gasteiger partial charge in [0.2, 0.25) is 5.95 Å². The molecule has 0 spiro atoms. The second-order valence-electron chi connectivity index (χ2n) is 10.7. The summed E-state index contributed by atoms with van der Waals surface area (Å²) in [6, 6.07) is 13.6. The maximum Gasteiger partial charge on any atom is 0.229 e. The van der Waals surface area contributed by atoms with E-state index in [0.717, 1.165) is 49.3 Å². The van der Waals surface area contributed by atoms with Crippen LogP contribution in [0.15, 0.2) is 48.7 Å². The second-order valence-corrected chi connectivity index (χ2v) is 14.3. The quantitative estimate of drug-likeness (QED) is 0.325. The van der Waals surface area contributed by atoms with Gasteiger partial charge in [0.25, 0.3) is 0 Å². The summed E-state index contributed by atoms with van der Waals surface area (Å²) in [4.78, 5) is 13.8. The molecule has 2 N–H and O–H groups in total. The van der Waals surface area contributed by atoms with Crippen LogP contribution in [0.1, 0.15) is 20.3 Å². The van der Waals surface area contributed by atoms with Crippen LogP contribution in [0.3, 0.4) is 0 Å². The first-order chi connectivity index (χ1) is 18.0. The number of rotatable bonds is 8. The van der Waals surface area contributed by atoms with Gasteiger partial charge in [-0.15, -0.1) is 0 Å². The molecule has 1 aromatic heterocycles. The van der Waals surface area contributed by atoms with Crippen LogP contribution in [0.4, 0.5) is 28.8 Å². The van der Waals surface area contributed by atoms with Gasteiger partial charge in [0.1, 0.15) is 17.9 Å². The van der Waals surface area contributed by atoms with Crippen molar-refractivity contribution in [1.29, 1.82) is 0 Å². The van der Waals surface area contributed by atoms with E-state index in [1.165, 1.54) is 0 Å². The fourth-order valence-corrected chi connectivity index (χ4v) is 6.14. The maximum atomic E-state index is 12.8. The van der Waals surface area contributed by atoms with Gasteiger partial charge in [0.15, 0.2) is 5.82 Å². The van der Waals surface area contributed by atoms with Crippen molar-refractivity contribution in [3.63, 3.8) is 0 Å². The predicted molar refractivity (Wildman–Crippen MR) is 160 cm³/mol. The standard InChI is InChI=1S/C28H38ClN6O2P/c1-7-28(2)18-34(3)14-15-35(19-28)20-12-13-22(24(16-20)37-4)32-27-30-17-21(29)26(33-27)31-23-10-8-9-11-25(23)38(5,6)36/h8-13,16-17H,7,14-15,18-19H2,1-6H3,(H2,30,31,32,33). The molecule has 1 aliphatic heterocycles. The van der Waals surface area contributed by atoms with E-state index in [1.807, 2.05) is 30.3 Å². The van der Waals surface area contributed by atoms with E-state index in [1.54, 1.807) is 26.6 Å². The van der Waals surface area contributed by atoms with Crippen molar-refractivity contribution < 1.29 is 9.30 Å². The zero-order valence-corrected chi connectivity index (χ0v) is 24.7. The van der Waals surface area contributed by atoms with Gasteiger partial charge in [-0.2, -0.15) is 4.98 Å². The number of hydrogen-bond donors (Lipinski definition) is 2. The van der Waals surface area contributed by atoms with Gasteiger partial charge in [0.05, 0.1) is 24.7 Å². The lowest BCUT2D eigenvalue weighted by Crippen LogP contribution is -2.37. The Morgan fingerprint density at radius 3 is 2.58 bits per heavy atom. The van der Waals surface area contributed by atoms with E-state index in [4.69, 9.17) is 16.3 Å². The number of anilines is 5. The first-order valence-electron chi connectivity index (χ1n) is 12.8. The Hall–Kier alpha value is -2.80. The van der Waals surface area contributed by atoms with E-state index in [-0.39, 0.29) is 5.41 Å². The minimum atomic E-state index is -2.51. The topological polar surface area (TPSA) is 82.6 Å². The average Bonchev–Trinajstić information content (AvgIpc) is 3.04. The molecule has 1 atom stereocenters. The lowest BCUT2D eigenvalue weighted by atomic mass is 9.86. The third-order valence-corrected chi connectivity index (χ3v) is 8.93. The predicted octanol–water partition coefficient (Wildman–Crippen LogP) is 6.04. The minimum absolute atomic E-state index is 0.220. The molecule has 0 saturated carbocycles. The molecule has 1 fully saturated rings. The molecule has 0 radical (unpaired) electrons. The highest BCUT2D eigenvalue weighted by Crippen LogP contribution is 2.39. The molecule has 0 aliphatic carbocycles. The van der Waals surface area contributed by atoms with Crippen molar-refractivity contribution >= 4 is 52.9 Å². The Labute approximate surface area is 231 Å². The zero-order chi connectivity index (χ0) is 27.5. The van der Waals surface area contributed by atoms with E-state index in [0.29, 0.717) is 28.2 Å². The molecule has 4 rings (SSSR count). The van der Waals surface area contributed by atoms with Crippen molar-refractivity contribution in [3.05, 3.63) is 53.7 Å². The Morgan fingerprint density at radius 1 is 1.11 bits per heavy atom. The molecular formula is C28H38ClN6O2P. The van der Waals surface area contributed by atoms with Crippen LogP contribution in [0, 0.1) is 5.41 Å². The smallest absolute Gasteiger partial charge is 0.229 e. The molecule has 3 aromatic rings. The number of methoxy groups -OCH3 is 1. The van der Waals surface area contributed by atoms with Crippen molar-refractivity contribution in [2.24, 2.45) is 5.41 Å². The summed E-state index contributed by atoms with van der Waals surface area (Å²) in [5.74, 6) is 1.49. The Kier molecular flexibility index (Phi) is 8.55. The summed E-state index contributed by atoms with van der Waals surface area (Å²) < 4.78 is 18.5. The Morgan fingerprint density at radius 2 is 1.87 bits per heavy atom. The summed E-state index contributed by atoms with van der Waals surface area (Å²) in [6.07, 6.45) is 2.66. The molecule has 8 nitrogen and oxygen atoms in total. The molecular weight excluding hydrogens is 519 g/mol. The molecule has 10 heteroatoms. The summed E-state index contributed by atoms with van der Waals surface area (Å²) in [5, 5.41) is 7.61. The third kappa shape index (κ3) is 6.60. The molecule has 1 aliphatic rings. The Bertz CT molecular complexity index is 1330. The summed E-state index contributed by atoms with van der Waals surface area (Å²) in [5.41, 5.74) is 2.80. The van der Waals surface area contributed by atoms with E-state index < -0.39 is 7.14 Å². The molecule has 204 valence electrons. The first-order valence-corrected chi connectivity index (χ1v) is 15.8. The van der Waals surface area contributed by atoms with Gasteiger partial charge in [0, 0.05) is 43.2 Å². The monoisotopic (exact) mass is 556 g/mol. The van der Waals surface area contributed by atoms with Crippen LogP contribution in [0.2, 0.25) is 5.02 Å². The minimum Gasteiger partial charge on any atom is -0.494 e. The summed E-state index contributed by atoms with van der Waals surface area (Å²) in [6.45, 7) is 12.2. The number of nitrogens with zero attached hydrogens (tertiary/aromatic N) is 4. The van der Waals surface area contributed by atoms with Crippen molar-refractivity contribution in [2.75, 3.05) is 69.2 Å². The molecule has 38 heavy (non-hydrogen) atoms. The van der Waals surface area contributed by atoms with Crippen LogP contribution in [0.5, 0.6) is 5.75 Å². The van der Waals surface area contributed by atoms with Crippen molar-refractivity contribution in [2.45, 2.75) is 20.3 Å². The van der Waals surface area contributed by atoms with Crippen molar-refractivity contribution in [3.8, 4) is 5.75 Å². The van der Waals surface area contributed by atoms with Crippen LogP contribution >= 0.6 is 18.7 Å². The van der Waals surface area contributed by atoms with Crippen LogP contribution in [0.25, 0.3) is 0 Å². The van der Waals surface area contributed by atoms with Gasteiger partial charge >= 0.3 is 0 Å². The number of benzene rings is 2.